The van der Waals surface area contributed by atoms with Gasteiger partial charge in [0.2, 0.25) is 0 Å². The van der Waals surface area contributed by atoms with Crippen LogP contribution in [0.3, 0.4) is 0 Å². The van der Waals surface area contributed by atoms with Crippen molar-refractivity contribution >= 4 is 0 Å². The van der Waals surface area contributed by atoms with Crippen molar-refractivity contribution in [2.75, 3.05) is 6.61 Å². The highest BCUT2D eigenvalue weighted by Gasteiger charge is 2.18. The molecule has 0 aromatic carbocycles. The van der Waals surface area contributed by atoms with E-state index < -0.39 is 0 Å². The average molecular weight is 186 g/mol. The van der Waals surface area contributed by atoms with Crippen LogP contribution in [0.15, 0.2) is 0 Å². The smallest absolute Gasteiger partial charge is 0.0600 e. The van der Waals surface area contributed by atoms with Crippen molar-refractivity contribution in [3.63, 3.8) is 0 Å². The van der Waals surface area contributed by atoms with Crippen molar-refractivity contribution in [3.05, 3.63) is 0 Å². The number of rotatable bonds is 6. The normalized spacial score (nSPS) is 24.9. The van der Waals surface area contributed by atoms with Crippen molar-refractivity contribution in [3.8, 4) is 0 Å². The van der Waals surface area contributed by atoms with Crippen molar-refractivity contribution in [1.82, 2.24) is 0 Å². The third-order valence-corrected chi connectivity index (χ3v) is 2.70. The first-order chi connectivity index (χ1) is 6.33. The molecule has 0 aromatic heterocycles. The number of hydrogen-bond acceptors (Lipinski definition) is 2. The van der Waals surface area contributed by atoms with Crippen LogP contribution in [-0.4, -0.2) is 23.9 Å². The molecule has 0 radical (unpaired) electrons. The molecule has 1 rings (SSSR count). The third kappa shape index (κ3) is 4.63. The van der Waals surface area contributed by atoms with Gasteiger partial charge in [0.1, 0.15) is 0 Å². The summed E-state index contributed by atoms with van der Waals surface area (Å²) in [6.07, 6.45) is 7.96. The lowest BCUT2D eigenvalue weighted by molar-refractivity contribution is 0.0496. The van der Waals surface area contributed by atoms with Gasteiger partial charge in [0.05, 0.1) is 12.2 Å². The topological polar surface area (TPSA) is 29.5 Å². The van der Waals surface area contributed by atoms with Gasteiger partial charge in [-0.05, 0) is 25.7 Å². The van der Waals surface area contributed by atoms with E-state index in [4.69, 9.17) is 4.74 Å². The Kier molecular flexibility index (Phi) is 5.40. The van der Waals surface area contributed by atoms with Gasteiger partial charge in [0, 0.05) is 6.61 Å². The minimum atomic E-state index is -0.130. The van der Waals surface area contributed by atoms with Gasteiger partial charge in [-0.15, -0.1) is 0 Å². The Morgan fingerprint density at radius 3 is 2.92 bits per heavy atom. The Balaban J connectivity index is 1.99. The lowest BCUT2D eigenvalue weighted by Crippen LogP contribution is -2.16. The van der Waals surface area contributed by atoms with Crippen LogP contribution < -0.4 is 0 Å². The molecule has 0 spiro atoms. The first-order valence-corrected chi connectivity index (χ1v) is 5.62. The number of ether oxygens (including phenoxy) is 1. The first-order valence-electron chi connectivity index (χ1n) is 5.62. The Bertz CT molecular complexity index is 119. The lowest BCUT2D eigenvalue weighted by atomic mass is 10.0. The standard InChI is InChI=1S/C11H22O2/c1-2-3-4-6-10(12)9-11-7-5-8-13-11/h10-12H,2-9H2,1H3. The fourth-order valence-corrected chi connectivity index (χ4v) is 1.88. The van der Waals surface area contributed by atoms with Gasteiger partial charge >= 0.3 is 0 Å². The quantitative estimate of drug-likeness (QED) is 0.646. The highest BCUT2D eigenvalue weighted by molar-refractivity contribution is 4.69. The summed E-state index contributed by atoms with van der Waals surface area (Å²) in [6.45, 7) is 3.08. The molecule has 0 saturated carbocycles. The molecular formula is C11H22O2. The summed E-state index contributed by atoms with van der Waals surface area (Å²) in [5.74, 6) is 0. The Morgan fingerprint density at radius 1 is 1.46 bits per heavy atom. The monoisotopic (exact) mass is 186 g/mol. The first kappa shape index (κ1) is 11.0. The summed E-state index contributed by atoms with van der Waals surface area (Å²) < 4.78 is 5.47. The Hall–Kier alpha value is -0.0800. The molecule has 1 heterocycles. The van der Waals surface area contributed by atoms with Crippen LogP contribution in [0.2, 0.25) is 0 Å². The maximum absolute atomic E-state index is 9.66. The highest BCUT2D eigenvalue weighted by atomic mass is 16.5. The number of unbranched alkanes of at least 4 members (excludes halogenated alkanes) is 2. The number of aliphatic hydroxyl groups is 1. The molecule has 1 aliphatic heterocycles. The van der Waals surface area contributed by atoms with Gasteiger partial charge in [-0.3, -0.25) is 0 Å². The molecule has 2 atom stereocenters. The molecule has 2 nitrogen and oxygen atoms in total. The SMILES string of the molecule is CCCCCC(O)CC1CCCO1. The van der Waals surface area contributed by atoms with Gasteiger partial charge in [0.25, 0.3) is 0 Å². The van der Waals surface area contributed by atoms with E-state index >= 15 is 0 Å². The van der Waals surface area contributed by atoms with Crippen LogP contribution in [0.5, 0.6) is 0 Å². The molecular weight excluding hydrogens is 164 g/mol. The van der Waals surface area contributed by atoms with Gasteiger partial charge < -0.3 is 9.84 Å². The molecule has 0 aromatic rings. The average Bonchev–Trinajstić information content (AvgIpc) is 2.57. The summed E-state index contributed by atoms with van der Waals surface area (Å²) in [4.78, 5) is 0. The number of aliphatic hydroxyl groups excluding tert-OH is 1. The second kappa shape index (κ2) is 6.39. The van der Waals surface area contributed by atoms with E-state index in [1.165, 1.54) is 19.3 Å². The fraction of sp³-hybridized carbons (Fsp3) is 1.00. The molecule has 1 saturated heterocycles. The lowest BCUT2D eigenvalue weighted by Gasteiger charge is -2.14. The van der Waals surface area contributed by atoms with Crippen molar-refractivity contribution in [2.24, 2.45) is 0 Å². The number of hydrogen-bond donors (Lipinski definition) is 1. The maximum Gasteiger partial charge on any atom is 0.0600 e. The van der Waals surface area contributed by atoms with Gasteiger partial charge in [0.15, 0.2) is 0 Å². The summed E-state index contributed by atoms with van der Waals surface area (Å²) in [5.41, 5.74) is 0. The zero-order chi connectivity index (χ0) is 9.52. The van der Waals surface area contributed by atoms with E-state index in [1.54, 1.807) is 0 Å². The summed E-state index contributed by atoms with van der Waals surface area (Å²) >= 11 is 0. The highest BCUT2D eigenvalue weighted by Crippen LogP contribution is 2.19. The largest absolute Gasteiger partial charge is 0.393 e. The zero-order valence-electron chi connectivity index (χ0n) is 8.67. The van der Waals surface area contributed by atoms with Crippen molar-refractivity contribution < 1.29 is 9.84 Å². The summed E-state index contributed by atoms with van der Waals surface area (Å²) in [5, 5.41) is 9.66. The van der Waals surface area contributed by atoms with E-state index in [9.17, 15) is 5.11 Å². The molecule has 2 heteroatoms. The van der Waals surface area contributed by atoms with E-state index in [2.05, 4.69) is 6.92 Å². The summed E-state index contributed by atoms with van der Waals surface area (Å²) in [6, 6.07) is 0. The van der Waals surface area contributed by atoms with Crippen LogP contribution in [0.25, 0.3) is 0 Å². The minimum absolute atomic E-state index is 0.130. The zero-order valence-corrected chi connectivity index (χ0v) is 8.67. The van der Waals surface area contributed by atoms with Crippen molar-refractivity contribution in [2.45, 2.75) is 64.1 Å². The second-order valence-corrected chi connectivity index (χ2v) is 4.02. The molecule has 1 aliphatic rings. The van der Waals surface area contributed by atoms with Crippen molar-refractivity contribution in [1.29, 1.82) is 0 Å². The molecule has 13 heavy (non-hydrogen) atoms. The molecule has 2 unspecified atom stereocenters. The molecule has 0 bridgehead atoms. The Morgan fingerprint density at radius 2 is 2.31 bits per heavy atom. The van der Waals surface area contributed by atoms with Crippen LogP contribution >= 0.6 is 0 Å². The van der Waals surface area contributed by atoms with E-state index in [0.717, 1.165) is 32.3 Å². The molecule has 1 N–H and O–H groups in total. The van der Waals surface area contributed by atoms with Crippen LogP contribution in [0, 0.1) is 0 Å². The van der Waals surface area contributed by atoms with E-state index in [0.29, 0.717) is 6.10 Å². The molecule has 78 valence electrons. The molecule has 0 aliphatic carbocycles. The fourth-order valence-electron chi connectivity index (χ4n) is 1.88. The van der Waals surface area contributed by atoms with Crippen LogP contribution in [-0.2, 0) is 4.74 Å². The van der Waals surface area contributed by atoms with Gasteiger partial charge in [-0.2, -0.15) is 0 Å². The minimum Gasteiger partial charge on any atom is -0.393 e. The molecule has 1 fully saturated rings. The second-order valence-electron chi connectivity index (χ2n) is 4.02. The van der Waals surface area contributed by atoms with E-state index in [1.807, 2.05) is 0 Å². The van der Waals surface area contributed by atoms with Gasteiger partial charge in [-0.25, -0.2) is 0 Å². The Labute approximate surface area is 81.3 Å². The van der Waals surface area contributed by atoms with Crippen LogP contribution in [0.4, 0.5) is 0 Å². The predicted molar refractivity (Wildman–Crippen MR) is 53.7 cm³/mol. The maximum atomic E-state index is 9.66. The van der Waals surface area contributed by atoms with E-state index in [-0.39, 0.29) is 6.10 Å². The summed E-state index contributed by atoms with van der Waals surface area (Å²) in [7, 11) is 0. The van der Waals surface area contributed by atoms with Gasteiger partial charge in [-0.1, -0.05) is 26.2 Å². The third-order valence-electron chi connectivity index (χ3n) is 2.70. The van der Waals surface area contributed by atoms with Crippen LogP contribution in [0.1, 0.15) is 51.9 Å². The predicted octanol–water partition coefficient (Wildman–Crippen LogP) is 2.50. The molecule has 0 amide bonds.